The summed E-state index contributed by atoms with van der Waals surface area (Å²) in [6, 6.07) is 13.8. The second-order valence-electron chi connectivity index (χ2n) is 5.99. The molecule has 0 heterocycles. The molecule has 0 radical (unpaired) electrons. The van der Waals surface area contributed by atoms with E-state index < -0.39 is 0 Å². The Morgan fingerprint density at radius 3 is 2.75 bits per heavy atom. The first-order chi connectivity index (χ1) is 9.74. The minimum absolute atomic E-state index is 0.654. The van der Waals surface area contributed by atoms with Crippen LogP contribution in [0.2, 0.25) is 0 Å². The Labute approximate surface area is 129 Å². The van der Waals surface area contributed by atoms with Gasteiger partial charge in [-0.1, -0.05) is 54.2 Å². The maximum Gasteiger partial charge on any atom is 0.0348 e. The van der Waals surface area contributed by atoms with Crippen LogP contribution in [0.25, 0.3) is 10.8 Å². The normalized spacial score (nSPS) is 22.9. The van der Waals surface area contributed by atoms with Crippen molar-refractivity contribution in [3.8, 4) is 0 Å². The molecule has 2 aromatic carbocycles. The average molecular weight is 332 g/mol. The summed E-state index contributed by atoms with van der Waals surface area (Å²) in [6.45, 7) is 2.32. The van der Waals surface area contributed by atoms with Gasteiger partial charge in [0, 0.05) is 16.2 Å². The molecule has 2 atom stereocenters. The Bertz CT molecular complexity index is 593. The third kappa shape index (κ3) is 3.17. The number of nitrogens with one attached hydrogen (secondary N) is 1. The van der Waals surface area contributed by atoms with Gasteiger partial charge in [-0.15, -0.1) is 0 Å². The van der Waals surface area contributed by atoms with E-state index in [0.29, 0.717) is 6.04 Å². The molecule has 0 amide bonds. The predicted octanol–water partition coefficient (Wildman–Crippen LogP) is 5.98. The highest BCUT2D eigenvalue weighted by Crippen LogP contribution is 2.30. The number of hydrogen-bond donors (Lipinski definition) is 1. The molecule has 1 fully saturated rings. The lowest BCUT2D eigenvalue weighted by molar-refractivity contribution is 0.327. The summed E-state index contributed by atoms with van der Waals surface area (Å²) < 4.78 is 1.14. The fraction of sp³-hybridized carbons (Fsp3) is 0.444. The lowest BCUT2D eigenvalue weighted by Gasteiger charge is -2.30. The van der Waals surface area contributed by atoms with Crippen LogP contribution in [0.15, 0.2) is 40.9 Å². The van der Waals surface area contributed by atoms with E-state index in [2.05, 4.69) is 64.6 Å². The molecular formula is C18H22BrN. The molecule has 20 heavy (non-hydrogen) atoms. The molecule has 106 valence electrons. The van der Waals surface area contributed by atoms with Crippen LogP contribution < -0.4 is 5.32 Å². The predicted molar refractivity (Wildman–Crippen MR) is 91.3 cm³/mol. The van der Waals surface area contributed by atoms with E-state index in [1.807, 2.05) is 0 Å². The van der Waals surface area contributed by atoms with E-state index in [9.17, 15) is 0 Å². The number of halogens is 1. The van der Waals surface area contributed by atoms with Gasteiger partial charge in [-0.05, 0) is 53.8 Å². The highest BCUT2D eigenvalue weighted by molar-refractivity contribution is 9.10. The Balaban J connectivity index is 1.75. The maximum atomic E-state index is 3.74. The van der Waals surface area contributed by atoms with Crippen molar-refractivity contribution in [1.29, 1.82) is 0 Å². The second-order valence-corrected chi connectivity index (χ2v) is 6.90. The SMILES string of the molecule is CCC1CCCC(Nc2ccc3cc(Br)ccc3c2)C1. The zero-order chi connectivity index (χ0) is 13.9. The Morgan fingerprint density at radius 2 is 1.90 bits per heavy atom. The van der Waals surface area contributed by atoms with Crippen molar-refractivity contribution in [3.63, 3.8) is 0 Å². The van der Waals surface area contributed by atoms with Crippen LogP contribution in [-0.4, -0.2) is 6.04 Å². The van der Waals surface area contributed by atoms with Gasteiger partial charge in [0.15, 0.2) is 0 Å². The van der Waals surface area contributed by atoms with Crippen molar-refractivity contribution in [1.82, 2.24) is 0 Å². The highest BCUT2D eigenvalue weighted by atomic mass is 79.9. The number of fused-ring (bicyclic) bond motifs is 1. The molecule has 1 aliphatic rings. The Kier molecular flexibility index (Phi) is 4.30. The van der Waals surface area contributed by atoms with Gasteiger partial charge in [-0.2, -0.15) is 0 Å². The summed E-state index contributed by atoms with van der Waals surface area (Å²) in [5.74, 6) is 0.915. The summed E-state index contributed by atoms with van der Waals surface area (Å²) in [6.07, 6.45) is 6.75. The lowest BCUT2D eigenvalue weighted by Crippen LogP contribution is -2.26. The van der Waals surface area contributed by atoms with Crippen molar-refractivity contribution in [3.05, 3.63) is 40.9 Å². The van der Waals surface area contributed by atoms with Crippen molar-refractivity contribution in [2.24, 2.45) is 5.92 Å². The fourth-order valence-corrected chi connectivity index (χ4v) is 3.71. The van der Waals surface area contributed by atoms with Gasteiger partial charge in [-0.3, -0.25) is 0 Å². The molecule has 1 N–H and O–H groups in total. The summed E-state index contributed by atoms with van der Waals surface area (Å²) in [5.41, 5.74) is 1.27. The van der Waals surface area contributed by atoms with Crippen LogP contribution in [0, 0.1) is 5.92 Å². The number of benzene rings is 2. The van der Waals surface area contributed by atoms with Crippen molar-refractivity contribution < 1.29 is 0 Å². The Morgan fingerprint density at radius 1 is 1.10 bits per heavy atom. The molecule has 1 saturated carbocycles. The van der Waals surface area contributed by atoms with Gasteiger partial charge in [0.05, 0.1) is 0 Å². The van der Waals surface area contributed by atoms with Gasteiger partial charge >= 0.3 is 0 Å². The first-order valence-corrected chi connectivity index (χ1v) is 8.50. The largest absolute Gasteiger partial charge is 0.382 e. The number of hydrogen-bond acceptors (Lipinski definition) is 1. The molecule has 0 spiro atoms. The van der Waals surface area contributed by atoms with Crippen molar-refractivity contribution in [2.45, 2.75) is 45.1 Å². The van der Waals surface area contributed by atoms with Crippen molar-refractivity contribution in [2.75, 3.05) is 5.32 Å². The number of rotatable bonds is 3. The van der Waals surface area contributed by atoms with Crippen molar-refractivity contribution >= 4 is 32.4 Å². The fourth-order valence-electron chi connectivity index (χ4n) is 3.33. The molecule has 0 saturated heterocycles. The van der Waals surface area contributed by atoms with Crippen LogP contribution in [0.1, 0.15) is 39.0 Å². The van der Waals surface area contributed by atoms with Crippen LogP contribution in [0.3, 0.4) is 0 Å². The van der Waals surface area contributed by atoms with Gasteiger partial charge < -0.3 is 5.32 Å². The van der Waals surface area contributed by atoms with E-state index in [4.69, 9.17) is 0 Å². The molecule has 2 heteroatoms. The van der Waals surface area contributed by atoms with Gasteiger partial charge in [0.25, 0.3) is 0 Å². The van der Waals surface area contributed by atoms with E-state index in [1.54, 1.807) is 0 Å². The molecule has 3 rings (SSSR count). The number of anilines is 1. The van der Waals surface area contributed by atoms with E-state index in [0.717, 1.165) is 10.4 Å². The molecule has 1 aliphatic carbocycles. The standard InChI is InChI=1S/C18H22BrN/c1-2-13-4-3-5-17(10-13)20-18-9-7-14-11-16(19)8-6-15(14)12-18/h6-9,11-13,17,20H,2-5,10H2,1H3. The molecule has 2 unspecified atom stereocenters. The molecule has 0 bridgehead atoms. The van der Waals surface area contributed by atoms with Crippen LogP contribution >= 0.6 is 15.9 Å². The zero-order valence-electron chi connectivity index (χ0n) is 12.0. The second kappa shape index (κ2) is 6.17. The van der Waals surface area contributed by atoms with Gasteiger partial charge in [-0.25, -0.2) is 0 Å². The zero-order valence-corrected chi connectivity index (χ0v) is 13.6. The quantitative estimate of drug-likeness (QED) is 0.729. The third-order valence-corrected chi connectivity index (χ3v) is 5.03. The topological polar surface area (TPSA) is 12.0 Å². The molecule has 2 aromatic rings. The summed E-state index contributed by atoms with van der Waals surface area (Å²) >= 11 is 3.53. The first-order valence-electron chi connectivity index (χ1n) is 7.70. The first kappa shape index (κ1) is 13.9. The maximum absolute atomic E-state index is 3.74. The molecule has 1 nitrogen and oxygen atoms in total. The minimum atomic E-state index is 0.654. The highest BCUT2D eigenvalue weighted by Gasteiger charge is 2.20. The third-order valence-electron chi connectivity index (χ3n) is 4.53. The van der Waals surface area contributed by atoms with E-state index in [-0.39, 0.29) is 0 Å². The lowest BCUT2D eigenvalue weighted by atomic mass is 9.84. The van der Waals surface area contributed by atoms with E-state index >= 15 is 0 Å². The van der Waals surface area contributed by atoms with Gasteiger partial charge in [0.1, 0.15) is 0 Å². The van der Waals surface area contributed by atoms with Crippen LogP contribution in [-0.2, 0) is 0 Å². The molecular weight excluding hydrogens is 310 g/mol. The van der Waals surface area contributed by atoms with Crippen LogP contribution in [0.4, 0.5) is 5.69 Å². The summed E-state index contributed by atoms with van der Waals surface area (Å²) in [5, 5.41) is 6.34. The summed E-state index contributed by atoms with van der Waals surface area (Å²) in [7, 11) is 0. The molecule has 0 aliphatic heterocycles. The van der Waals surface area contributed by atoms with E-state index in [1.165, 1.54) is 48.6 Å². The smallest absolute Gasteiger partial charge is 0.0348 e. The average Bonchev–Trinajstić information content (AvgIpc) is 2.47. The minimum Gasteiger partial charge on any atom is -0.382 e. The summed E-state index contributed by atoms with van der Waals surface area (Å²) in [4.78, 5) is 0. The molecule has 0 aromatic heterocycles. The van der Waals surface area contributed by atoms with Crippen LogP contribution in [0.5, 0.6) is 0 Å². The van der Waals surface area contributed by atoms with Gasteiger partial charge in [0.2, 0.25) is 0 Å². The monoisotopic (exact) mass is 331 g/mol. The Hall–Kier alpha value is -1.02.